The zero-order valence-corrected chi connectivity index (χ0v) is 10.1. The highest BCUT2D eigenvalue weighted by Crippen LogP contribution is 2.35. The van der Waals surface area contributed by atoms with Crippen LogP contribution in [0.2, 0.25) is 0 Å². The van der Waals surface area contributed by atoms with Gasteiger partial charge in [-0.05, 0) is 30.0 Å². The lowest BCUT2D eigenvalue weighted by Gasteiger charge is -2.28. The second-order valence-corrected chi connectivity index (χ2v) is 4.34. The Kier molecular flexibility index (Phi) is 3.33. The average Bonchev–Trinajstić information content (AvgIpc) is 2.36. The van der Waals surface area contributed by atoms with Gasteiger partial charge in [0, 0.05) is 18.0 Å². The van der Waals surface area contributed by atoms with E-state index in [1.54, 1.807) is 14.2 Å². The standard InChI is InChI=1S/C13H17NO3/c1-16-10-3-8-5-12(14)9(7-15)4-11(8)13(6-10)17-2/h3,6-7,9,12H,4-5,14H2,1-2H3. The van der Waals surface area contributed by atoms with E-state index in [0.29, 0.717) is 12.8 Å². The molecule has 0 aliphatic heterocycles. The van der Waals surface area contributed by atoms with Crippen LogP contribution < -0.4 is 15.2 Å². The molecule has 1 aromatic rings. The van der Waals surface area contributed by atoms with Gasteiger partial charge in [-0.1, -0.05) is 0 Å². The molecule has 1 aliphatic rings. The molecule has 0 amide bonds. The summed E-state index contributed by atoms with van der Waals surface area (Å²) in [4.78, 5) is 11.0. The number of carbonyl (C=O) groups is 1. The molecular formula is C13H17NO3. The summed E-state index contributed by atoms with van der Waals surface area (Å²) in [5.41, 5.74) is 8.17. The molecule has 2 unspecified atom stereocenters. The van der Waals surface area contributed by atoms with Crippen molar-refractivity contribution in [2.45, 2.75) is 18.9 Å². The lowest BCUT2D eigenvalue weighted by atomic mass is 9.81. The molecule has 0 saturated heterocycles. The number of methoxy groups -OCH3 is 2. The number of rotatable bonds is 3. The van der Waals surface area contributed by atoms with Crippen LogP contribution in [-0.4, -0.2) is 26.5 Å². The molecule has 4 heteroatoms. The number of hydrogen-bond acceptors (Lipinski definition) is 4. The lowest BCUT2D eigenvalue weighted by molar-refractivity contribution is -0.111. The zero-order chi connectivity index (χ0) is 12.4. The smallest absolute Gasteiger partial charge is 0.126 e. The summed E-state index contributed by atoms with van der Waals surface area (Å²) in [6, 6.07) is 3.70. The van der Waals surface area contributed by atoms with Crippen molar-refractivity contribution in [2.24, 2.45) is 11.7 Å². The third kappa shape index (κ3) is 2.13. The van der Waals surface area contributed by atoms with Crippen molar-refractivity contribution in [1.29, 1.82) is 0 Å². The van der Waals surface area contributed by atoms with Crippen molar-refractivity contribution in [1.82, 2.24) is 0 Å². The summed E-state index contributed by atoms with van der Waals surface area (Å²) in [6.45, 7) is 0. The van der Waals surface area contributed by atoms with Crippen molar-refractivity contribution in [2.75, 3.05) is 14.2 Å². The van der Waals surface area contributed by atoms with Crippen LogP contribution in [-0.2, 0) is 17.6 Å². The first-order chi connectivity index (χ1) is 8.19. The van der Waals surface area contributed by atoms with E-state index in [0.717, 1.165) is 28.9 Å². The van der Waals surface area contributed by atoms with Gasteiger partial charge in [0.25, 0.3) is 0 Å². The van der Waals surface area contributed by atoms with Crippen molar-refractivity contribution in [3.63, 3.8) is 0 Å². The molecule has 1 aromatic carbocycles. The summed E-state index contributed by atoms with van der Waals surface area (Å²) in [5.74, 6) is 1.42. The van der Waals surface area contributed by atoms with E-state index >= 15 is 0 Å². The quantitative estimate of drug-likeness (QED) is 0.792. The molecule has 2 N–H and O–H groups in total. The molecule has 0 saturated carbocycles. The zero-order valence-electron chi connectivity index (χ0n) is 10.1. The largest absolute Gasteiger partial charge is 0.497 e. The van der Waals surface area contributed by atoms with Crippen LogP contribution in [0.1, 0.15) is 11.1 Å². The van der Waals surface area contributed by atoms with Crippen LogP contribution in [0.15, 0.2) is 12.1 Å². The van der Waals surface area contributed by atoms with Gasteiger partial charge in [0.2, 0.25) is 0 Å². The Hall–Kier alpha value is -1.55. The predicted octanol–water partition coefficient (Wildman–Crippen LogP) is 0.945. The highest BCUT2D eigenvalue weighted by Gasteiger charge is 2.28. The third-order valence-corrected chi connectivity index (χ3v) is 3.35. The molecule has 0 spiro atoms. The van der Waals surface area contributed by atoms with Gasteiger partial charge >= 0.3 is 0 Å². The summed E-state index contributed by atoms with van der Waals surface area (Å²) >= 11 is 0. The van der Waals surface area contributed by atoms with Crippen molar-refractivity contribution in [3.05, 3.63) is 23.3 Å². The lowest BCUT2D eigenvalue weighted by Crippen LogP contribution is -2.38. The number of aldehydes is 1. The topological polar surface area (TPSA) is 61.5 Å². The molecule has 0 heterocycles. The third-order valence-electron chi connectivity index (χ3n) is 3.35. The Bertz CT molecular complexity index is 431. The Morgan fingerprint density at radius 3 is 2.65 bits per heavy atom. The summed E-state index contributed by atoms with van der Waals surface area (Å²) in [5, 5.41) is 0. The van der Waals surface area contributed by atoms with Gasteiger partial charge in [0.15, 0.2) is 0 Å². The van der Waals surface area contributed by atoms with Gasteiger partial charge < -0.3 is 20.0 Å². The first-order valence-corrected chi connectivity index (χ1v) is 5.64. The second kappa shape index (κ2) is 4.75. The molecule has 1 aliphatic carbocycles. The van der Waals surface area contributed by atoms with Crippen molar-refractivity contribution in [3.8, 4) is 11.5 Å². The fourth-order valence-electron chi connectivity index (χ4n) is 2.33. The summed E-state index contributed by atoms with van der Waals surface area (Å²) in [7, 11) is 3.25. The fraction of sp³-hybridized carbons (Fsp3) is 0.462. The average molecular weight is 235 g/mol. The van der Waals surface area contributed by atoms with Crippen LogP contribution in [0.4, 0.5) is 0 Å². The first-order valence-electron chi connectivity index (χ1n) is 5.64. The van der Waals surface area contributed by atoms with Crippen molar-refractivity contribution < 1.29 is 14.3 Å². The van der Waals surface area contributed by atoms with Crippen LogP contribution in [0, 0.1) is 5.92 Å². The maximum atomic E-state index is 11.0. The van der Waals surface area contributed by atoms with Gasteiger partial charge in [0.05, 0.1) is 14.2 Å². The normalized spacial score (nSPS) is 22.8. The van der Waals surface area contributed by atoms with E-state index in [9.17, 15) is 4.79 Å². The molecule has 0 radical (unpaired) electrons. The minimum Gasteiger partial charge on any atom is -0.497 e. The van der Waals surface area contributed by atoms with E-state index in [-0.39, 0.29) is 12.0 Å². The van der Waals surface area contributed by atoms with E-state index in [1.807, 2.05) is 12.1 Å². The minimum absolute atomic E-state index is 0.114. The predicted molar refractivity (Wildman–Crippen MR) is 64.5 cm³/mol. The highest BCUT2D eigenvalue weighted by molar-refractivity contribution is 5.59. The summed E-state index contributed by atoms with van der Waals surface area (Å²) < 4.78 is 10.6. The van der Waals surface area contributed by atoms with E-state index in [4.69, 9.17) is 15.2 Å². The number of ether oxygens (including phenoxy) is 2. The Morgan fingerprint density at radius 2 is 2.06 bits per heavy atom. The Morgan fingerprint density at radius 1 is 1.29 bits per heavy atom. The highest BCUT2D eigenvalue weighted by atomic mass is 16.5. The first kappa shape index (κ1) is 11.9. The Labute approximate surface area is 101 Å². The molecule has 2 atom stereocenters. The van der Waals surface area contributed by atoms with Gasteiger partial charge in [0.1, 0.15) is 17.8 Å². The van der Waals surface area contributed by atoms with E-state index < -0.39 is 0 Å². The van der Waals surface area contributed by atoms with Crippen LogP contribution in [0.25, 0.3) is 0 Å². The molecule has 0 fully saturated rings. The SMILES string of the molecule is COc1cc2c(c(OC)c1)CC(C=O)C(N)C2. The molecule has 0 bridgehead atoms. The second-order valence-electron chi connectivity index (χ2n) is 4.34. The molecule has 2 rings (SSSR count). The maximum Gasteiger partial charge on any atom is 0.126 e. The monoisotopic (exact) mass is 235 g/mol. The summed E-state index contributed by atoms with van der Waals surface area (Å²) in [6.07, 6.45) is 2.27. The number of hydrogen-bond donors (Lipinski definition) is 1. The molecule has 4 nitrogen and oxygen atoms in total. The number of fused-ring (bicyclic) bond motifs is 1. The number of benzene rings is 1. The maximum absolute atomic E-state index is 11.0. The van der Waals surface area contributed by atoms with Crippen LogP contribution in [0.3, 0.4) is 0 Å². The molecule has 17 heavy (non-hydrogen) atoms. The molecular weight excluding hydrogens is 218 g/mol. The van der Waals surface area contributed by atoms with Crippen molar-refractivity contribution >= 4 is 6.29 Å². The number of nitrogens with two attached hydrogens (primary N) is 1. The van der Waals surface area contributed by atoms with Gasteiger partial charge in [-0.15, -0.1) is 0 Å². The molecule has 0 aromatic heterocycles. The Balaban J connectivity index is 2.45. The van der Waals surface area contributed by atoms with Gasteiger partial charge in [-0.2, -0.15) is 0 Å². The minimum atomic E-state index is -0.121. The number of carbonyl (C=O) groups excluding carboxylic acids is 1. The van der Waals surface area contributed by atoms with E-state index in [1.165, 1.54) is 0 Å². The van der Waals surface area contributed by atoms with Crippen LogP contribution >= 0.6 is 0 Å². The molecule has 92 valence electrons. The fourth-order valence-corrected chi connectivity index (χ4v) is 2.33. The van der Waals surface area contributed by atoms with E-state index in [2.05, 4.69) is 0 Å². The van der Waals surface area contributed by atoms with Gasteiger partial charge in [-0.3, -0.25) is 0 Å². The van der Waals surface area contributed by atoms with Crippen LogP contribution in [0.5, 0.6) is 11.5 Å². The van der Waals surface area contributed by atoms with Gasteiger partial charge in [-0.25, -0.2) is 0 Å².